The van der Waals surface area contributed by atoms with Crippen LogP contribution in [0, 0.1) is 5.92 Å². The molecule has 0 saturated carbocycles. The number of rotatable bonds is 2. The van der Waals surface area contributed by atoms with Crippen molar-refractivity contribution in [2.24, 2.45) is 11.7 Å². The molecule has 0 bridgehead atoms. The molecular formula is C11H22N2O3. The van der Waals surface area contributed by atoms with E-state index in [1.165, 1.54) is 4.90 Å². The van der Waals surface area contributed by atoms with Gasteiger partial charge in [0.05, 0.1) is 0 Å². The zero-order chi connectivity index (χ0) is 12.9. The number of amides is 1. The number of carboxylic acids is 1. The quantitative estimate of drug-likeness (QED) is 0.730. The van der Waals surface area contributed by atoms with Crippen LogP contribution in [0.5, 0.6) is 0 Å². The molecule has 1 rings (SSSR count). The topological polar surface area (TPSA) is 83.6 Å². The Hall–Kier alpha value is -1.10. The maximum atomic E-state index is 11.6. The van der Waals surface area contributed by atoms with Gasteiger partial charge in [0.1, 0.15) is 6.04 Å². The average molecular weight is 230 g/mol. The molecule has 1 aliphatic rings. The van der Waals surface area contributed by atoms with Crippen molar-refractivity contribution >= 4 is 11.9 Å². The first-order valence-corrected chi connectivity index (χ1v) is 5.74. The van der Waals surface area contributed by atoms with Gasteiger partial charge >= 0.3 is 5.97 Å². The minimum atomic E-state index is -1.01. The Kier molecular flexibility index (Phi) is 6.03. The maximum absolute atomic E-state index is 11.6. The lowest BCUT2D eigenvalue weighted by molar-refractivity contribution is -0.149. The Labute approximate surface area is 96.6 Å². The van der Waals surface area contributed by atoms with Crippen LogP contribution in [-0.4, -0.2) is 40.5 Å². The van der Waals surface area contributed by atoms with Gasteiger partial charge in [-0.1, -0.05) is 27.7 Å². The van der Waals surface area contributed by atoms with Crippen LogP contribution in [-0.2, 0) is 9.59 Å². The lowest BCUT2D eigenvalue weighted by atomic mass is 10.1. The number of hydrogen-bond donors (Lipinski definition) is 2. The Bertz CT molecular complexity index is 254. The number of likely N-dealkylation sites (tertiary alicyclic amines) is 1. The standard InChI is InChI=1S/C9H16N2O3.C2H6/c1-5(2)8(12)11-4-3-6(10)7(11)9(13)14;1-2/h5-7H,3-4,10H2,1-2H3,(H,13,14);1-2H3. The van der Waals surface area contributed by atoms with Crippen LogP contribution in [0.15, 0.2) is 0 Å². The molecule has 0 aromatic rings. The van der Waals surface area contributed by atoms with E-state index >= 15 is 0 Å². The lowest BCUT2D eigenvalue weighted by Gasteiger charge is -2.24. The molecule has 5 heteroatoms. The van der Waals surface area contributed by atoms with E-state index in [1.807, 2.05) is 13.8 Å². The molecule has 0 aromatic heterocycles. The predicted octanol–water partition coefficient (Wildman–Crippen LogP) is 0.681. The molecule has 0 aliphatic carbocycles. The normalized spacial score (nSPS) is 24.0. The molecule has 1 amide bonds. The second-order valence-electron chi connectivity index (χ2n) is 3.92. The molecule has 1 saturated heterocycles. The summed E-state index contributed by atoms with van der Waals surface area (Å²) < 4.78 is 0. The van der Waals surface area contributed by atoms with E-state index in [0.717, 1.165) is 0 Å². The van der Waals surface area contributed by atoms with Crippen molar-refractivity contribution < 1.29 is 14.7 Å². The second-order valence-corrected chi connectivity index (χ2v) is 3.92. The highest BCUT2D eigenvalue weighted by atomic mass is 16.4. The van der Waals surface area contributed by atoms with E-state index < -0.39 is 18.1 Å². The fourth-order valence-corrected chi connectivity index (χ4v) is 1.71. The Morgan fingerprint density at radius 1 is 1.38 bits per heavy atom. The summed E-state index contributed by atoms with van der Waals surface area (Å²) in [4.78, 5) is 23.9. The van der Waals surface area contributed by atoms with Gasteiger partial charge in [-0.15, -0.1) is 0 Å². The highest BCUT2D eigenvalue weighted by Crippen LogP contribution is 2.19. The van der Waals surface area contributed by atoms with E-state index in [-0.39, 0.29) is 11.8 Å². The number of carbonyl (C=O) groups excluding carboxylic acids is 1. The minimum Gasteiger partial charge on any atom is -0.480 e. The van der Waals surface area contributed by atoms with Crippen molar-refractivity contribution in [1.82, 2.24) is 4.90 Å². The second kappa shape index (κ2) is 6.48. The van der Waals surface area contributed by atoms with Gasteiger partial charge in [-0.3, -0.25) is 4.79 Å². The third kappa shape index (κ3) is 3.20. The molecule has 2 atom stereocenters. The summed E-state index contributed by atoms with van der Waals surface area (Å²) in [6, 6.07) is -1.28. The van der Waals surface area contributed by atoms with Crippen LogP contribution in [0.3, 0.4) is 0 Å². The smallest absolute Gasteiger partial charge is 0.328 e. The summed E-state index contributed by atoms with van der Waals surface area (Å²) in [6.45, 7) is 7.96. The SMILES string of the molecule is CC.CC(C)C(=O)N1CCC(N)C1C(=O)O. The largest absolute Gasteiger partial charge is 0.480 e. The van der Waals surface area contributed by atoms with E-state index in [0.29, 0.717) is 13.0 Å². The molecule has 1 heterocycles. The van der Waals surface area contributed by atoms with E-state index in [4.69, 9.17) is 10.8 Å². The highest BCUT2D eigenvalue weighted by Gasteiger charge is 2.40. The molecule has 0 radical (unpaired) electrons. The third-order valence-electron chi connectivity index (χ3n) is 2.47. The number of carbonyl (C=O) groups is 2. The molecule has 0 aromatic carbocycles. The first-order chi connectivity index (χ1) is 7.45. The van der Waals surface area contributed by atoms with E-state index in [9.17, 15) is 9.59 Å². The van der Waals surface area contributed by atoms with Gasteiger partial charge in [0.15, 0.2) is 0 Å². The average Bonchev–Trinajstić information content (AvgIpc) is 2.61. The van der Waals surface area contributed by atoms with Crippen LogP contribution in [0.2, 0.25) is 0 Å². The van der Waals surface area contributed by atoms with Crippen LogP contribution in [0.1, 0.15) is 34.1 Å². The first-order valence-electron chi connectivity index (χ1n) is 5.74. The van der Waals surface area contributed by atoms with Gasteiger partial charge in [0.2, 0.25) is 5.91 Å². The molecule has 1 fully saturated rings. The van der Waals surface area contributed by atoms with E-state index in [2.05, 4.69) is 0 Å². The van der Waals surface area contributed by atoms with Gasteiger partial charge in [0.25, 0.3) is 0 Å². The summed E-state index contributed by atoms with van der Waals surface area (Å²) in [5, 5.41) is 8.91. The Morgan fingerprint density at radius 3 is 2.25 bits per heavy atom. The number of aliphatic carboxylic acids is 1. The van der Waals surface area contributed by atoms with Gasteiger partial charge in [-0.05, 0) is 6.42 Å². The number of nitrogens with zero attached hydrogens (tertiary/aromatic N) is 1. The summed E-state index contributed by atoms with van der Waals surface area (Å²) in [5.74, 6) is -1.32. The Balaban J connectivity index is 0.00000106. The van der Waals surface area contributed by atoms with Crippen molar-refractivity contribution in [2.75, 3.05) is 6.54 Å². The van der Waals surface area contributed by atoms with Gasteiger partial charge < -0.3 is 15.7 Å². The first kappa shape index (κ1) is 14.9. The van der Waals surface area contributed by atoms with Crippen LogP contribution in [0.25, 0.3) is 0 Å². The van der Waals surface area contributed by atoms with Gasteiger partial charge in [-0.25, -0.2) is 4.79 Å². The number of nitrogens with two attached hydrogens (primary N) is 1. The van der Waals surface area contributed by atoms with Crippen molar-refractivity contribution in [1.29, 1.82) is 0 Å². The molecule has 5 nitrogen and oxygen atoms in total. The molecule has 94 valence electrons. The fourth-order valence-electron chi connectivity index (χ4n) is 1.71. The van der Waals surface area contributed by atoms with Crippen LogP contribution < -0.4 is 5.73 Å². The fraction of sp³-hybridized carbons (Fsp3) is 0.818. The molecule has 0 spiro atoms. The van der Waals surface area contributed by atoms with Crippen molar-refractivity contribution in [3.05, 3.63) is 0 Å². The molecule has 16 heavy (non-hydrogen) atoms. The summed E-state index contributed by atoms with van der Waals surface area (Å²) >= 11 is 0. The van der Waals surface area contributed by atoms with E-state index in [1.54, 1.807) is 13.8 Å². The number of carboxylic acid groups (broad SMARTS) is 1. The Morgan fingerprint density at radius 2 is 1.88 bits per heavy atom. The molecular weight excluding hydrogens is 208 g/mol. The number of hydrogen-bond acceptors (Lipinski definition) is 3. The molecule has 3 N–H and O–H groups in total. The van der Waals surface area contributed by atoms with Crippen LogP contribution >= 0.6 is 0 Å². The van der Waals surface area contributed by atoms with Gasteiger partial charge in [0, 0.05) is 18.5 Å². The molecule has 1 aliphatic heterocycles. The highest BCUT2D eigenvalue weighted by molar-refractivity contribution is 5.85. The lowest BCUT2D eigenvalue weighted by Crippen LogP contribution is -2.48. The maximum Gasteiger partial charge on any atom is 0.328 e. The molecule has 2 unspecified atom stereocenters. The summed E-state index contributed by atoms with van der Waals surface area (Å²) in [6.07, 6.45) is 0.565. The third-order valence-corrected chi connectivity index (χ3v) is 2.47. The van der Waals surface area contributed by atoms with Crippen molar-refractivity contribution in [2.45, 2.75) is 46.2 Å². The minimum absolute atomic E-state index is 0.134. The summed E-state index contributed by atoms with van der Waals surface area (Å²) in [5.41, 5.74) is 5.63. The summed E-state index contributed by atoms with van der Waals surface area (Å²) in [7, 11) is 0. The monoisotopic (exact) mass is 230 g/mol. The predicted molar refractivity (Wildman–Crippen MR) is 61.9 cm³/mol. The van der Waals surface area contributed by atoms with Crippen molar-refractivity contribution in [3.8, 4) is 0 Å². The zero-order valence-electron chi connectivity index (χ0n) is 10.4. The van der Waals surface area contributed by atoms with Crippen molar-refractivity contribution in [3.63, 3.8) is 0 Å². The van der Waals surface area contributed by atoms with Crippen LogP contribution in [0.4, 0.5) is 0 Å². The zero-order valence-corrected chi connectivity index (χ0v) is 10.4. The van der Waals surface area contributed by atoms with Gasteiger partial charge in [-0.2, -0.15) is 0 Å².